The summed E-state index contributed by atoms with van der Waals surface area (Å²) in [6.07, 6.45) is 0.696. The summed E-state index contributed by atoms with van der Waals surface area (Å²) in [6.45, 7) is 2.75. The van der Waals surface area contributed by atoms with Gasteiger partial charge in [-0.15, -0.1) is 0 Å². The Kier molecular flexibility index (Phi) is 3.59. The summed E-state index contributed by atoms with van der Waals surface area (Å²) < 4.78 is 0. The maximum absolute atomic E-state index is 9.90. The van der Waals surface area contributed by atoms with Crippen LogP contribution in [0.1, 0.15) is 22.8 Å². The lowest BCUT2D eigenvalue weighted by Crippen LogP contribution is -2.26. The maximum atomic E-state index is 9.90. The number of rotatable bonds is 3. The first-order valence-electron chi connectivity index (χ1n) is 5.83. The predicted octanol–water partition coefficient (Wildman–Crippen LogP) is 0.927. The van der Waals surface area contributed by atoms with Crippen LogP contribution in [-0.2, 0) is 13.0 Å². The van der Waals surface area contributed by atoms with E-state index in [-0.39, 0.29) is 0 Å². The lowest BCUT2D eigenvalue weighted by Gasteiger charge is -2.25. The Labute approximate surface area is 97.1 Å². The van der Waals surface area contributed by atoms with Crippen molar-refractivity contribution in [1.29, 1.82) is 0 Å². The SMILES string of the molecule is CNCC(O)c1ccc2c(c1)CCN(C)C2. The third-order valence-corrected chi connectivity index (χ3v) is 3.22. The predicted molar refractivity (Wildman–Crippen MR) is 65.4 cm³/mol. The molecule has 0 saturated heterocycles. The van der Waals surface area contributed by atoms with Crippen LogP contribution in [0.3, 0.4) is 0 Å². The van der Waals surface area contributed by atoms with E-state index < -0.39 is 6.10 Å². The van der Waals surface area contributed by atoms with Crippen LogP contribution in [0.5, 0.6) is 0 Å². The molecule has 2 rings (SSSR count). The highest BCUT2D eigenvalue weighted by Crippen LogP contribution is 2.22. The van der Waals surface area contributed by atoms with Gasteiger partial charge in [-0.2, -0.15) is 0 Å². The Morgan fingerprint density at radius 2 is 2.25 bits per heavy atom. The summed E-state index contributed by atoms with van der Waals surface area (Å²) in [4.78, 5) is 2.33. The number of aliphatic hydroxyl groups is 1. The lowest BCUT2D eigenvalue weighted by molar-refractivity contribution is 0.177. The van der Waals surface area contributed by atoms with Crippen LogP contribution in [0.15, 0.2) is 18.2 Å². The fraction of sp³-hybridized carbons (Fsp3) is 0.538. The first kappa shape index (κ1) is 11.6. The molecule has 0 amide bonds. The molecule has 0 aromatic heterocycles. The molecule has 1 aliphatic rings. The summed E-state index contributed by atoms with van der Waals surface area (Å²) >= 11 is 0. The molecule has 3 heteroatoms. The molecule has 0 aliphatic carbocycles. The van der Waals surface area contributed by atoms with Crippen LogP contribution < -0.4 is 5.32 Å². The van der Waals surface area contributed by atoms with Crippen molar-refractivity contribution < 1.29 is 5.11 Å². The van der Waals surface area contributed by atoms with Gasteiger partial charge in [0.15, 0.2) is 0 Å². The molecule has 1 aliphatic heterocycles. The number of fused-ring (bicyclic) bond motifs is 1. The molecular weight excluding hydrogens is 200 g/mol. The second kappa shape index (κ2) is 4.95. The van der Waals surface area contributed by atoms with Gasteiger partial charge >= 0.3 is 0 Å². The Balaban J connectivity index is 2.19. The normalized spacial score (nSPS) is 18.2. The van der Waals surface area contributed by atoms with E-state index in [1.807, 2.05) is 13.1 Å². The van der Waals surface area contributed by atoms with Gasteiger partial charge in [-0.05, 0) is 37.2 Å². The van der Waals surface area contributed by atoms with E-state index in [9.17, 15) is 5.11 Å². The molecule has 0 saturated carbocycles. The Hall–Kier alpha value is -0.900. The van der Waals surface area contributed by atoms with Crippen LogP contribution in [0.25, 0.3) is 0 Å². The molecule has 0 fully saturated rings. The van der Waals surface area contributed by atoms with Gasteiger partial charge in [0.1, 0.15) is 0 Å². The van der Waals surface area contributed by atoms with Crippen LogP contribution in [0.4, 0.5) is 0 Å². The third-order valence-electron chi connectivity index (χ3n) is 3.22. The highest BCUT2D eigenvalue weighted by atomic mass is 16.3. The molecule has 88 valence electrons. The highest BCUT2D eigenvalue weighted by Gasteiger charge is 2.15. The second-order valence-electron chi connectivity index (χ2n) is 4.59. The Morgan fingerprint density at radius 1 is 1.44 bits per heavy atom. The Morgan fingerprint density at radius 3 is 3.00 bits per heavy atom. The number of likely N-dealkylation sites (N-methyl/N-ethyl adjacent to an activating group) is 2. The molecular formula is C13H20N2O. The zero-order valence-electron chi connectivity index (χ0n) is 10.0. The summed E-state index contributed by atoms with van der Waals surface area (Å²) in [5, 5.41) is 12.9. The van der Waals surface area contributed by atoms with Crippen LogP contribution in [0, 0.1) is 0 Å². The molecule has 16 heavy (non-hydrogen) atoms. The van der Waals surface area contributed by atoms with Crippen molar-refractivity contribution in [2.45, 2.75) is 19.1 Å². The van der Waals surface area contributed by atoms with E-state index in [4.69, 9.17) is 0 Å². The number of benzene rings is 1. The smallest absolute Gasteiger partial charge is 0.0914 e. The van der Waals surface area contributed by atoms with Crippen molar-refractivity contribution in [1.82, 2.24) is 10.2 Å². The maximum Gasteiger partial charge on any atom is 0.0914 e. The van der Waals surface area contributed by atoms with Gasteiger partial charge in [-0.1, -0.05) is 18.2 Å². The average molecular weight is 220 g/mol. The van der Waals surface area contributed by atoms with Gasteiger partial charge < -0.3 is 15.3 Å². The van der Waals surface area contributed by atoms with Crippen molar-refractivity contribution in [3.05, 3.63) is 34.9 Å². The molecule has 0 bridgehead atoms. The van der Waals surface area contributed by atoms with E-state index in [2.05, 4.69) is 29.4 Å². The first-order valence-corrected chi connectivity index (χ1v) is 5.83. The standard InChI is InChI=1S/C13H20N2O/c1-14-8-13(16)11-3-4-12-9-15(2)6-5-10(12)7-11/h3-4,7,13-14,16H,5-6,8-9H2,1-2H3. The minimum atomic E-state index is -0.394. The summed E-state index contributed by atoms with van der Waals surface area (Å²) in [5.74, 6) is 0. The van der Waals surface area contributed by atoms with Crippen LogP contribution >= 0.6 is 0 Å². The number of hydrogen-bond acceptors (Lipinski definition) is 3. The molecule has 2 N–H and O–H groups in total. The van der Waals surface area contributed by atoms with E-state index in [1.54, 1.807) is 0 Å². The van der Waals surface area contributed by atoms with E-state index in [1.165, 1.54) is 11.1 Å². The highest BCUT2D eigenvalue weighted by molar-refractivity contribution is 5.34. The van der Waals surface area contributed by atoms with Crippen molar-refractivity contribution in [2.75, 3.05) is 27.2 Å². The monoisotopic (exact) mass is 220 g/mol. The zero-order chi connectivity index (χ0) is 11.5. The van der Waals surface area contributed by atoms with Gasteiger partial charge in [0.05, 0.1) is 6.10 Å². The van der Waals surface area contributed by atoms with Gasteiger partial charge in [-0.25, -0.2) is 0 Å². The molecule has 1 unspecified atom stereocenters. The van der Waals surface area contributed by atoms with E-state index in [0.29, 0.717) is 6.54 Å². The van der Waals surface area contributed by atoms with Crippen LogP contribution in [-0.4, -0.2) is 37.2 Å². The van der Waals surface area contributed by atoms with Crippen molar-refractivity contribution in [3.8, 4) is 0 Å². The number of aliphatic hydroxyl groups excluding tert-OH is 1. The number of nitrogens with zero attached hydrogens (tertiary/aromatic N) is 1. The molecule has 0 spiro atoms. The van der Waals surface area contributed by atoms with Gasteiger partial charge in [0.2, 0.25) is 0 Å². The van der Waals surface area contributed by atoms with E-state index in [0.717, 1.165) is 25.1 Å². The third kappa shape index (κ3) is 2.43. The fourth-order valence-electron chi connectivity index (χ4n) is 2.23. The summed E-state index contributed by atoms with van der Waals surface area (Å²) in [5.41, 5.74) is 3.82. The first-order chi connectivity index (χ1) is 7.70. The number of nitrogens with one attached hydrogen (secondary N) is 1. The number of hydrogen-bond donors (Lipinski definition) is 2. The molecule has 3 nitrogen and oxygen atoms in total. The molecule has 1 atom stereocenters. The molecule has 1 aromatic carbocycles. The van der Waals surface area contributed by atoms with Gasteiger partial charge in [-0.3, -0.25) is 0 Å². The summed E-state index contributed by atoms with van der Waals surface area (Å²) in [7, 11) is 4.00. The van der Waals surface area contributed by atoms with Crippen molar-refractivity contribution in [3.63, 3.8) is 0 Å². The summed E-state index contributed by atoms with van der Waals surface area (Å²) in [6, 6.07) is 6.35. The zero-order valence-corrected chi connectivity index (χ0v) is 10.0. The second-order valence-corrected chi connectivity index (χ2v) is 4.59. The van der Waals surface area contributed by atoms with Gasteiger partial charge in [0, 0.05) is 19.6 Å². The Bertz CT molecular complexity index is 365. The molecule has 1 aromatic rings. The van der Waals surface area contributed by atoms with Crippen molar-refractivity contribution >= 4 is 0 Å². The molecule has 0 radical (unpaired) electrons. The van der Waals surface area contributed by atoms with Crippen molar-refractivity contribution in [2.24, 2.45) is 0 Å². The average Bonchev–Trinajstić information content (AvgIpc) is 2.28. The fourth-order valence-corrected chi connectivity index (χ4v) is 2.23. The van der Waals surface area contributed by atoms with E-state index >= 15 is 0 Å². The van der Waals surface area contributed by atoms with Gasteiger partial charge in [0.25, 0.3) is 0 Å². The topological polar surface area (TPSA) is 35.5 Å². The lowest BCUT2D eigenvalue weighted by atomic mass is 9.96. The quantitative estimate of drug-likeness (QED) is 0.795. The minimum absolute atomic E-state index is 0.394. The van der Waals surface area contributed by atoms with Crippen LogP contribution in [0.2, 0.25) is 0 Å². The minimum Gasteiger partial charge on any atom is -0.387 e. The molecule has 1 heterocycles. The largest absolute Gasteiger partial charge is 0.387 e.